The summed E-state index contributed by atoms with van der Waals surface area (Å²) in [7, 11) is 4.01. The van der Waals surface area contributed by atoms with Crippen molar-refractivity contribution >= 4 is 29.9 Å². The normalized spacial score (nSPS) is 18.9. The Morgan fingerprint density at radius 1 is 1.06 bits per heavy atom. The Bertz CT molecular complexity index is 644. The lowest BCUT2D eigenvalue weighted by Gasteiger charge is -2.32. The highest BCUT2D eigenvalue weighted by Gasteiger charge is 2.14. The predicted octanol–water partition coefficient (Wildman–Crippen LogP) is 2.55. The van der Waals surface area contributed by atoms with Crippen LogP contribution in [0, 0.1) is 5.92 Å². The molecule has 0 bridgehead atoms. The van der Waals surface area contributed by atoms with Crippen molar-refractivity contribution in [3.63, 3.8) is 0 Å². The van der Waals surface area contributed by atoms with Gasteiger partial charge in [0.15, 0.2) is 5.96 Å². The first-order valence-electron chi connectivity index (χ1n) is 11.8. The van der Waals surface area contributed by atoms with Gasteiger partial charge in [-0.2, -0.15) is 0 Å². The van der Waals surface area contributed by atoms with E-state index in [-0.39, 0.29) is 24.0 Å². The molecule has 0 amide bonds. The molecule has 2 saturated heterocycles. The third-order valence-corrected chi connectivity index (χ3v) is 6.16. The molecule has 2 aliphatic rings. The molecular formula is C24H42IN5O2. The van der Waals surface area contributed by atoms with Gasteiger partial charge in [-0.15, -0.1) is 24.0 Å². The number of hydrogen-bond acceptors (Lipinski definition) is 5. The van der Waals surface area contributed by atoms with Gasteiger partial charge < -0.3 is 25.0 Å². The molecular weight excluding hydrogens is 517 g/mol. The summed E-state index contributed by atoms with van der Waals surface area (Å²) in [5.41, 5.74) is 2.65. The maximum absolute atomic E-state index is 5.83. The molecule has 0 spiro atoms. The highest BCUT2D eigenvalue weighted by Crippen LogP contribution is 2.14. The lowest BCUT2D eigenvalue weighted by Crippen LogP contribution is -2.43. The molecule has 32 heavy (non-hydrogen) atoms. The number of aliphatic imine (C=N–C) groups is 1. The summed E-state index contributed by atoms with van der Waals surface area (Å²) in [5, 5.41) is 6.78. The second kappa shape index (κ2) is 15.8. The molecule has 7 nitrogen and oxygen atoms in total. The Morgan fingerprint density at radius 2 is 1.75 bits per heavy atom. The Balaban J connectivity index is 0.00000363. The van der Waals surface area contributed by atoms with Crippen molar-refractivity contribution in [2.75, 3.05) is 73.2 Å². The number of piperazine rings is 1. The molecule has 0 saturated carbocycles. The molecule has 1 aromatic carbocycles. The Labute approximate surface area is 211 Å². The minimum Gasteiger partial charge on any atom is -0.381 e. The standard InChI is InChI=1S/C24H41N5O2.HI/c1-25-24(26-10-3-15-31-20-23-8-16-30-17-9-23)27-18-21-4-6-22(7-5-21)19-29-13-11-28(2)12-14-29;/h4-7,23H,3,8-20H2,1-2H3,(H2,25,26,27);1H. The second-order valence-electron chi connectivity index (χ2n) is 8.73. The average molecular weight is 560 g/mol. The van der Waals surface area contributed by atoms with Crippen LogP contribution in [0.2, 0.25) is 0 Å². The first kappa shape index (κ1) is 27.3. The number of rotatable bonds is 10. The quantitative estimate of drug-likeness (QED) is 0.199. The molecule has 8 heteroatoms. The number of guanidine groups is 1. The summed E-state index contributed by atoms with van der Waals surface area (Å²) in [6, 6.07) is 8.94. The second-order valence-corrected chi connectivity index (χ2v) is 8.73. The average Bonchev–Trinajstić information content (AvgIpc) is 2.81. The summed E-state index contributed by atoms with van der Waals surface area (Å²) in [6.45, 7) is 10.7. The number of ether oxygens (including phenoxy) is 2. The van der Waals surface area contributed by atoms with Crippen LogP contribution in [0.4, 0.5) is 0 Å². The lowest BCUT2D eigenvalue weighted by atomic mass is 10.0. The van der Waals surface area contributed by atoms with Gasteiger partial charge in [-0.3, -0.25) is 9.89 Å². The van der Waals surface area contributed by atoms with Crippen molar-refractivity contribution < 1.29 is 9.47 Å². The smallest absolute Gasteiger partial charge is 0.191 e. The van der Waals surface area contributed by atoms with Crippen LogP contribution >= 0.6 is 24.0 Å². The Morgan fingerprint density at radius 3 is 2.44 bits per heavy atom. The zero-order valence-corrected chi connectivity index (χ0v) is 22.2. The van der Waals surface area contributed by atoms with E-state index < -0.39 is 0 Å². The fraction of sp³-hybridized carbons (Fsp3) is 0.708. The van der Waals surface area contributed by atoms with E-state index in [0.29, 0.717) is 5.92 Å². The van der Waals surface area contributed by atoms with Crippen LogP contribution in [0.1, 0.15) is 30.4 Å². The fourth-order valence-electron chi connectivity index (χ4n) is 3.98. The molecule has 0 aromatic heterocycles. The van der Waals surface area contributed by atoms with Crippen LogP contribution < -0.4 is 10.6 Å². The van der Waals surface area contributed by atoms with Crippen molar-refractivity contribution in [1.29, 1.82) is 0 Å². The topological polar surface area (TPSA) is 61.4 Å². The molecule has 3 rings (SSSR count). The van der Waals surface area contributed by atoms with Crippen LogP contribution in [0.15, 0.2) is 29.3 Å². The van der Waals surface area contributed by atoms with Crippen LogP contribution in [0.5, 0.6) is 0 Å². The molecule has 2 N–H and O–H groups in total. The SMILES string of the molecule is CN=C(NCCCOCC1CCOCC1)NCc1ccc(CN2CCN(C)CC2)cc1.I. The molecule has 182 valence electrons. The Hall–Kier alpha value is -0.940. The van der Waals surface area contributed by atoms with E-state index in [1.54, 1.807) is 0 Å². The molecule has 0 radical (unpaired) electrons. The van der Waals surface area contributed by atoms with E-state index in [9.17, 15) is 0 Å². The van der Waals surface area contributed by atoms with Gasteiger partial charge >= 0.3 is 0 Å². The Kier molecular flexibility index (Phi) is 13.5. The molecule has 2 fully saturated rings. The summed E-state index contributed by atoms with van der Waals surface area (Å²) < 4.78 is 11.2. The van der Waals surface area contributed by atoms with Crippen LogP contribution in [0.25, 0.3) is 0 Å². The molecule has 0 atom stereocenters. The molecule has 2 aliphatic heterocycles. The number of nitrogens with zero attached hydrogens (tertiary/aromatic N) is 3. The van der Waals surface area contributed by atoms with E-state index >= 15 is 0 Å². The van der Waals surface area contributed by atoms with Crippen LogP contribution in [-0.4, -0.2) is 89.0 Å². The third kappa shape index (κ3) is 10.3. The van der Waals surface area contributed by atoms with Crippen LogP contribution in [-0.2, 0) is 22.6 Å². The number of benzene rings is 1. The van der Waals surface area contributed by atoms with Gasteiger partial charge in [0, 0.05) is 79.3 Å². The van der Waals surface area contributed by atoms with Crippen LogP contribution in [0.3, 0.4) is 0 Å². The van der Waals surface area contributed by atoms with Gasteiger partial charge in [0.1, 0.15) is 0 Å². The van der Waals surface area contributed by atoms with Crippen molar-refractivity contribution in [3.8, 4) is 0 Å². The number of halogens is 1. The van der Waals surface area contributed by atoms with E-state index in [1.807, 2.05) is 7.05 Å². The minimum atomic E-state index is 0. The monoisotopic (exact) mass is 559 g/mol. The van der Waals surface area contributed by atoms with Crippen molar-refractivity contribution in [3.05, 3.63) is 35.4 Å². The first-order chi connectivity index (χ1) is 15.2. The largest absolute Gasteiger partial charge is 0.381 e. The number of likely N-dealkylation sites (N-methyl/N-ethyl adjacent to an activating group) is 1. The van der Waals surface area contributed by atoms with Crippen molar-refractivity contribution in [1.82, 2.24) is 20.4 Å². The van der Waals surface area contributed by atoms with Gasteiger partial charge in [-0.05, 0) is 43.4 Å². The minimum absolute atomic E-state index is 0. The van der Waals surface area contributed by atoms with Gasteiger partial charge in [0.2, 0.25) is 0 Å². The van der Waals surface area contributed by atoms with Gasteiger partial charge in [0.25, 0.3) is 0 Å². The summed E-state index contributed by atoms with van der Waals surface area (Å²) in [6.07, 6.45) is 3.24. The zero-order chi connectivity index (χ0) is 21.7. The summed E-state index contributed by atoms with van der Waals surface area (Å²) in [5.74, 6) is 1.51. The highest BCUT2D eigenvalue weighted by atomic mass is 127. The van der Waals surface area contributed by atoms with E-state index in [0.717, 1.165) is 97.5 Å². The van der Waals surface area contributed by atoms with E-state index in [4.69, 9.17) is 9.47 Å². The molecule has 1 aromatic rings. The predicted molar refractivity (Wildman–Crippen MR) is 142 cm³/mol. The van der Waals surface area contributed by atoms with E-state index in [2.05, 4.69) is 56.7 Å². The third-order valence-electron chi connectivity index (χ3n) is 6.16. The van der Waals surface area contributed by atoms with Crippen molar-refractivity contribution in [2.45, 2.75) is 32.4 Å². The number of nitrogens with one attached hydrogen (secondary N) is 2. The van der Waals surface area contributed by atoms with E-state index in [1.165, 1.54) is 11.1 Å². The molecule has 2 heterocycles. The summed E-state index contributed by atoms with van der Waals surface area (Å²) in [4.78, 5) is 9.25. The van der Waals surface area contributed by atoms with Gasteiger partial charge in [-0.1, -0.05) is 24.3 Å². The van der Waals surface area contributed by atoms with Gasteiger partial charge in [0.05, 0.1) is 0 Å². The van der Waals surface area contributed by atoms with Crippen molar-refractivity contribution in [2.24, 2.45) is 10.9 Å². The zero-order valence-electron chi connectivity index (χ0n) is 19.9. The maximum Gasteiger partial charge on any atom is 0.191 e. The fourth-order valence-corrected chi connectivity index (χ4v) is 3.98. The highest BCUT2D eigenvalue weighted by molar-refractivity contribution is 14.0. The molecule has 0 aliphatic carbocycles. The van der Waals surface area contributed by atoms with Gasteiger partial charge in [-0.25, -0.2) is 0 Å². The summed E-state index contributed by atoms with van der Waals surface area (Å²) >= 11 is 0. The lowest BCUT2D eigenvalue weighted by molar-refractivity contribution is 0.0203. The maximum atomic E-state index is 5.83. The molecule has 0 unspecified atom stereocenters. The number of hydrogen-bond donors (Lipinski definition) is 2. The first-order valence-corrected chi connectivity index (χ1v) is 11.8.